The summed E-state index contributed by atoms with van der Waals surface area (Å²) < 4.78 is 0.996. The second-order valence-corrected chi connectivity index (χ2v) is 6.20. The standard InChI is InChI=1S/C16H17BrN2O/c1-11-2-4-12(5-3-11)8-16(20)19-7-6-14-13(10-19)9-15(17)18-14/h2-5,9,18H,6-8,10H2,1H3. The van der Waals surface area contributed by atoms with Gasteiger partial charge in [-0.2, -0.15) is 0 Å². The summed E-state index contributed by atoms with van der Waals surface area (Å²) in [5.74, 6) is 0.205. The summed E-state index contributed by atoms with van der Waals surface area (Å²) in [6.45, 7) is 3.56. The largest absolute Gasteiger partial charge is 0.353 e. The highest BCUT2D eigenvalue weighted by molar-refractivity contribution is 9.10. The number of fused-ring (bicyclic) bond motifs is 1. The predicted molar refractivity (Wildman–Crippen MR) is 82.5 cm³/mol. The van der Waals surface area contributed by atoms with E-state index in [9.17, 15) is 4.79 Å². The third-order valence-corrected chi connectivity index (χ3v) is 4.21. The molecule has 0 unspecified atom stereocenters. The van der Waals surface area contributed by atoms with Gasteiger partial charge in [0, 0.05) is 25.2 Å². The Bertz CT molecular complexity index is 630. The minimum Gasteiger partial charge on any atom is -0.353 e. The summed E-state index contributed by atoms with van der Waals surface area (Å²) in [5, 5.41) is 0. The Labute approximate surface area is 127 Å². The number of hydrogen-bond donors (Lipinski definition) is 1. The van der Waals surface area contributed by atoms with Crippen molar-refractivity contribution < 1.29 is 4.79 Å². The number of hydrogen-bond acceptors (Lipinski definition) is 1. The maximum atomic E-state index is 12.4. The molecule has 0 spiro atoms. The maximum absolute atomic E-state index is 12.4. The first kappa shape index (κ1) is 13.4. The number of rotatable bonds is 2. The van der Waals surface area contributed by atoms with Gasteiger partial charge in [0.05, 0.1) is 11.0 Å². The van der Waals surface area contributed by atoms with E-state index in [0.29, 0.717) is 13.0 Å². The Morgan fingerprint density at radius 2 is 2.10 bits per heavy atom. The van der Waals surface area contributed by atoms with Crippen LogP contribution >= 0.6 is 15.9 Å². The van der Waals surface area contributed by atoms with E-state index >= 15 is 0 Å². The van der Waals surface area contributed by atoms with Gasteiger partial charge >= 0.3 is 0 Å². The van der Waals surface area contributed by atoms with E-state index in [1.165, 1.54) is 16.8 Å². The number of halogens is 1. The summed E-state index contributed by atoms with van der Waals surface area (Å²) in [6.07, 6.45) is 1.39. The van der Waals surface area contributed by atoms with Crippen LogP contribution in [0.4, 0.5) is 0 Å². The molecule has 20 heavy (non-hydrogen) atoms. The van der Waals surface area contributed by atoms with Crippen molar-refractivity contribution in [2.45, 2.75) is 26.3 Å². The zero-order valence-corrected chi connectivity index (χ0v) is 13.0. The molecule has 1 aromatic heterocycles. The molecular formula is C16H17BrN2O. The zero-order chi connectivity index (χ0) is 14.1. The number of amides is 1. The van der Waals surface area contributed by atoms with Crippen LogP contribution in [0.2, 0.25) is 0 Å². The van der Waals surface area contributed by atoms with Crippen LogP contribution in [-0.4, -0.2) is 22.3 Å². The van der Waals surface area contributed by atoms with Crippen LogP contribution in [0.3, 0.4) is 0 Å². The first-order chi connectivity index (χ1) is 9.61. The van der Waals surface area contributed by atoms with E-state index in [-0.39, 0.29) is 5.91 Å². The number of aromatic amines is 1. The van der Waals surface area contributed by atoms with E-state index in [1.54, 1.807) is 0 Å². The summed E-state index contributed by atoms with van der Waals surface area (Å²) >= 11 is 3.45. The lowest BCUT2D eigenvalue weighted by Gasteiger charge is -2.27. The number of carbonyl (C=O) groups excluding carboxylic acids is 1. The summed E-state index contributed by atoms with van der Waals surface area (Å²) in [5.41, 5.74) is 4.78. The van der Waals surface area contributed by atoms with Crippen molar-refractivity contribution in [1.29, 1.82) is 0 Å². The van der Waals surface area contributed by atoms with Crippen LogP contribution in [0.25, 0.3) is 0 Å². The number of aromatic nitrogens is 1. The number of benzene rings is 1. The zero-order valence-electron chi connectivity index (χ0n) is 11.4. The Kier molecular flexibility index (Phi) is 3.66. The van der Waals surface area contributed by atoms with Gasteiger partial charge in [-0.15, -0.1) is 0 Å². The summed E-state index contributed by atoms with van der Waals surface area (Å²) in [4.78, 5) is 17.6. The number of nitrogens with zero attached hydrogens (tertiary/aromatic N) is 1. The second-order valence-electron chi connectivity index (χ2n) is 5.35. The second kappa shape index (κ2) is 5.44. The smallest absolute Gasteiger partial charge is 0.227 e. The van der Waals surface area contributed by atoms with Gasteiger partial charge in [0.1, 0.15) is 0 Å². The molecule has 2 heterocycles. The normalized spacial score (nSPS) is 14.2. The molecule has 1 N–H and O–H groups in total. The topological polar surface area (TPSA) is 36.1 Å². The molecule has 0 bridgehead atoms. The third-order valence-electron chi connectivity index (χ3n) is 3.78. The average molecular weight is 333 g/mol. The lowest BCUT2D eigenvalue weighted by atomic mass is 10.1. The van der Waals surface area contributed by atoms with E-state index in [4.69, 9.17) is 0 Å². The quantitative estimate of drug-likeness (QED) is 0.900. The Balaban J connectivity index is 1.68. The van der Waals surface area contributed by atoms with E-state index in [2.05, 4.69) is 46.0 Å². The minimum atomic E-state index is 0.205. The van der Waals surface area contributed by atoms with Gasteiger partial charge in [-0.25, -0.2) is 0 Å². The Morgan fingerprint density at radius 3 is 2.85 bits per heavy atom. The highest BCUT2D eigenvalue weighted by atomic mass is 79.9. The van der Waals surface area contributed by atoms with Gasteiger partial charge in [-0.05, 0) is 40.0 Å². The molecule has 0 saturated heterocycles. The number of nitrogens with one attached hydrogen (secondary N) is 1. The molecule has 3 nitrogen and oxygen atoms in total. The van der Waals surface area contributed by atoms with Crippen LogP contribution in [-0.2, 0) is 24.2 Å². The molecule has 1 aliphatic rings. The average Bonchev–Trinajstić information content (AvgIpc) is 2.80. The van der Waals surface area contributed by atoms with Crippen molar-refractivity contribution in [2.75, 3.05) is 6.54 Å². The molecule has 0 aliphatic carbocycles. The molecule has 1 aliphatic heterocycles. The molecule has 104 valence electrons. The van der Waals surface area contributed by atoms with Crippen LogP contribution in [0.5, 0.6) is 0 Å². The summed E-state index contributed by atoms with van der Waals surface area (Å²) in [7, 11) is 0. The first-order valence-corrected chi connectivity index (χ1v) is 7.61. The Hall–Kier alpha value is -1.55. The van der Waals surface area contributed by atoms with Crippen molar-refractivity contribution >= 4 is 21.8 Å². The van der Waals surface area contributed by atoms with Gasteiger partial charge < -0.3 is 9.88 Å². The van der Waals surface area contributed by atoms with Gasteiger partial charge in [0.25, 0.3) is 0 Å². The fourth-order valence-corrected chi connectivity index (χ4v) is 3.12. The van der Waals surface area contributed by atoms with Crippen molar-refractivity contribution in [1.82, 2.24) is 9.88 Å². The molecule has 1 aromatic carbocycles. The van der Waals surface area contributed by atoms with Crippen molar-refractivity contribution in [3.05, 3.63) is 57.3 Å². The number of H-pyrrole nitrogens is 1. The fraction of sp³-hybridized carbons (Fsp3) is 0.312. The monoisotopic (exact) mass is 332 g/mol. The fourth-order valence-electron chi connectivity index (χ4n) is 2.60. The molecule has 1 amide bonds. The van der Waals surface area contributed by atoms with Crippen LogP contribution in [0, 0.1) is 6.92 Å². The lowest BCUT2D eigenvalue weighted by molar-refractivity contribution is -0.131. The first-order valence-electron chi connectivity index (χ1n) is 6.81. The van der Waals surface area contributed by atoms with Gasteiger partial charge in [-0.1, -0.05) is 29.8 Å². The maximum Gasteiger partial charge on any atom is 0.227 e. The molecule has 4 heteroatoms. The molecule has 0 saturated carbocycles. The molecule has 0 radical (unpaired) electrons. The number of carbonyl (C=O) groups is 1. The van der Waals surface area contributed by atoms with E-state index in [1.807, 2.05) is 17.0 Å². The molecule has 0 fully saturated rings. The van der Waals surface area contributed by atoms with Gasteiger partial charge in [0.2, 0.25) is 5.91 Å². The SMILES string of the molecule is Cc1ccc(CC(=O)N2CCc3[nH]c(Br)cc3C2)cc1. The third kappa shape index (κ3) is 2.80. The highest BCUT2D eigenvalue weighted by Crippen LogP contribution is 2.23. The lowest BCUT2D eigenvalue weighted by Crippen LogP contribution is -2.36. The van der Waals surface area contributed by atoms with Gasteiger partial charge in [0.15, 0.2) is 0 Å². The van der Waals surface area contributed by atoms with E-state index < -0.39 is 0 Å². The van der Waals surface area contributed by atoms with Crippen LogP contribution < -0.4 is 0 Å². The van der Waals surface area contributed by atoms with E-state index in [0.717, 1.165) is 23.1 Å². The highest BCUT2D eigenvalue weighted by Gasteiger charge is 2.22. The Morgan fingerprint density at radius 1 is 1.35 bits per heavy atom. The minimum absolute atomic E-state index is 0.205. The summed E-state index contributed by atoms with van der Waals surface area (Å²) in [6, 6.07) is 10.3. The predicted octanol–water partition coefficient (Wildman–Crippen LogP) is 3.21. The number of aryl methyl sites for hydroxylation is 1. The van der Waals surface area contributed by atoms with Crippen molar-refractivity contribution in [3.63, 3.8) is 0 Å². The molecular weight excluding hydrogens is 316 g/mol. The van der Waals surface area contributed by atoms with Crippen molar-refractivity contribution in [3.8, 4) is 0 Å². The van der Waals surface area contributed by atoms with Gasteiger partial charge in [-0.3, -0.25) is 4.79 Å². The molecule has 0 atom stereocenters. The van der Waals surface area contributed by atoms with Crippen LogP contribution in [0.1, 0.15) is 22.4 Å². The van der Waals surface area contributed by atoms with Crippen LogP contribution in [0.15, 0.2) is 34.9 Å². The van der Waals surface area contributed by atoms with Crippen molar-refractivity contribution in [2.24, 2.45) is 0 Å². The molecule has 2 aromatic rings. The molecule has 3 rings (SSSR count).